The molecule has 0 aliphatic carbocycles. The Hall–Kier alpha value is -2.84. The molecule has 1 atom stereocenters. The van der Waals surface area contributed by atoms with Gasteiger partial charge in [0.15, 0.2) is 0 Å². The van der Waals surface area contributed by atoms with Crippen molar-refractivity contribution in [3.63, 3.8) is 0 Å². The third-order valence-corrected chi connectivity index (χ3v) is 4.14. The summed E-state index contributed by atoms with van der Waals surface area (Å²) in [5, 5.41) is 10.7. The number of rotatable bonds is 8. The lowest BCUT2D eigenvalue weighted by atomic mass is 10.0. The van der Waals surface area contributed by atoms with Gasteiger partial charge in [-0.3, -0.25) is 10.1 Å². The van der Waals surface area contributed by atoms with Gasteiger partial charge < -0.3 is 19.3 Å². The Labute approximate surface area is 176 Å². The third kappa shape index (κ3) is 7.24. The third-order valence-electron chi connectivity index (χ3n) is 4.14. The quantitative estimate of drug-likeness (QED) is 0.468. The van der Waals surface area contributed by atoms with Crippen molar-refractivity contribution < 1.29 is 19.2 Å². The van der Waals surface area contributed by atoms with Crippen LogP contribution < -0.4 is 9.47 Å². The van der Waals surface area contributed by atoms with Gasteiger partial charge in [0.05, 0.1) is 11.5 Å². The molecule has 0 bridgehead atoms. The van der Waals surface area contributed by atoms with E-state index in [0.717, 1.165) is 5.56 Å². The Morgan fingerprint density at radius 2 is 1.72 bits per heavy atom. The summed E-state index contributed by atoms with van der Waals surface area (Å²) in [4.78, 5) is 25.4. The molecule has 0 radical (unpaired) electrons. The summed E-state index contributed by atoms with van der Waals surface area (Å²) in [5.41, 5.74) is 1.03. The van der Waals surface area contributed by atoms with E-state index >= 15 is 0 Å². The maximum Gasteiger partial charge on any atom is 0.414 e. The molecule has 0 spiro atoms. The van der Waals surface area contributed by atoms with Crippen LogP contribution in [0.4, 0.5) is 10.5 Å². The molecular weight excluding hydrogens is 398 g/mol. The second kappa shape index (κ2) is 11.2. The Balaban J connectivity index is 0.00000420. The molecular formula is C20H26ClN3O5. The van der Waals surface area contributed by atoms with Gasteiger partial charge in [0.25, 0.3) is 5.69 Å². The molecule has 0 N–H and O–H groups in total. The SMILES string of the molecule is CN(C)C(=O)Oc1cccc([C@@H](CCOc2ccc([N+](=O)[O-])cc2)N(C)C)c1.Cl. The molecule has 0 saturated carbocycles. The van der Waals surface area contributed by atoms with E-state index in [1.54, 1.807) is 32.3 Å². The molecule has 29 heavy (non-hydrogen) atoms. The predicted octanol–water partition coefficient (Wildman–Crippen LogP) is 4.15. The van der Waals surface area contributed by atoms with Crippen LogP contribution in [-0.2, 0) is 0 Å². The van der Waals surface area contributed by atoms with Crippen LogP contribution in [0.15, 0.2) is 48.5 Å². The molecule has 9 heteroatoms. The summed E-state index contributed by atoms with van der Waals surface area (Å²) in [7, 11) is 7.19. The zero-order valence-corrected chi connectivity index (χ0v) is 17.7. The number of hydrogen-bond donors (Lipinski definition) is 0. The number of nitro benzene ring substituents is 1. The lowest BCUT2D eigenvalue weighted by molar-refractivity contribution is -0.384. The molecule has 2 aromatic rings. The van der Waals surface area contributed by atoms with Crippen molar-refractivity contribution in [3.8, 4) is 11.5 Å². The molecule has 0 aliphatic rings. The largest absolute Gasteiger partial charge is 0.494 e. The van der Waals surface area contributed by atoms with Gasteiger partial charge in [-0.25, -0.2) is 4.79 Å². The number of carbonyl (C=O) groups is 1. The van der Waals surface area contributed by atoms with Crippen LogP contribution in [0.2, 0.25) is 0 Å². The fourth-order valence-electron chi connectivity index (χ4n) is 2.65. The van der Waals surface area contributed by atoms with Crippen molar-refractivity contribution >= 4 is 24.2 Å². The highest BCUT2D eigenvalue weighted by Gasteiger charge is 2.16. The van der Waals surface area contributed by atoms with E-state index in [0.29, 0.717) is 24.5 Å². The van der Waals surface area contributed by atoms with E-state index < -0.39 is 11.0 Å². The van der Waals surface area contributed by atoms with Crippen molar-refractivity contribution in [1.29, 1.82) is 0 Å². The first-order valence-corrected chi connectivity index (χ1v) is 8.80. The van der Waals surface area contributed by atoms with Crippen LogP contribution >= 0.6 is 12.4 Å². The highest BCUT2D eigenvalue weighted by Crippen LogP contribution is 2.26. The van der Waals surface area contributed by atoms with Crippen LogP contribution in [0.25, 0.3) is 0 Å². The smallest absolute Gasteiger partial charge is 0.414 e. The van der Waals surface area contributed by atoms with Gasteiger partial charge in [0.2, 0.25) is 0 Å². The van der Waals surface area contributed by atoms with E-state index in [1.165, 1.54) is 17.0 Å². The maximum absolute atomic E-state index is 11.8. The van der Waals surface area contributed by atoms with E-state index in [9.17, 15) is 14.9 Å². The Bertz CT molecular complexity index is 812. The zero-order chi connectivity index (χ0) is 20.7. The van der Waals surface area contributed by atoms with Gasteiger partial charge in [-0.1, -0.05) is 12.1 Å². The predicted molar refractivity (Wildman–Crippen MR) is 113 cm³/mol. The number of non-ortho nitro benzene ring substituents is 1. The fraction of sp³-hybridized carbons (Fsp3) is 0.350. The van der Waals surface area contributed by atoms with Gasteiger partial charge in [0, 0.05) is 38.7 Å². The molecule has 0 aliphatic heterocycles. The van der Waals surface area contributed by atoms with Crippen LogP contribution in [0.5, 0.6) is 11.5 Å². The first-order chi connectivity index (χ1) is 13.3. The maximum atomic E-state index is 11.8. The molecule has 1 amide bonds. The molecule has 8 nitrogen and oxygen atoms in total. The van der Waals surface area contributed by atoms with E-state index in [-0.39, 0.29) is 24.1 Å². The summed E-state index contributed by atoms with van der Waals surface area (Å²) in [6.45, 7) is 0.433. The lowest BCUT2D eigenvalue weighted by Crippen LogP contribution is -2.25. The summed E-state index contributed by atoms with van der Waals surface area (Å²) in [5.74, 6) is 1.07. The van der Waals surface area contributed by atoms with Gasteiger partial charge in [-0.15, -0.1) is 12.4 Å². The van der Waals surface area contributed by atoms with Crippen LogP contribution in [-0.4, -0.2) is 55.6 Å². The van der Waals surface area contributed by atoms with Crippen molar-refractivity contribution in [3.05, 3.63) is 64.2 Å². The van der Waals surface area contributed by atoms with Gasteiger partial charge >= 0.3 is 6.09 Å². The van der Waals surface area contributed by atoms with Crippen molar-refractivity contribution in [1.82, 2.24) is 9.80 Å². The number of hydrogen-bond acceptors (Lipinski definition) is 6. The first-order valence-electron chi connectivity index (χ1n) is 8.80. The average Bonchev–Trinajstić information content (AvgIpc) is 2.65. The topological polar surface area (TPSA) is 85.1 Å². The van der Waals surface area contributed by atoms with Crippen LogP contribution in [0.1, 0.15) is 18.0 Å². The minimum Gasteiger partial charge on any atom is -0.494 e. The van der Waals surface area contributed by atoms with Gasteiger partial charge in [0.1, 0.15) is 11.5 Å². The number of amides is 1. The minimum atomic E-state index is -0.443. The molecule has 0 heterocycles. The minimum absolute atomic E-state index is 0. The van der Waals surface area contributed by atoms with Gasteiger partial charge in [-0.2, -0.15) is 0 Å². The number of nitrogens with zero attached hydrogens (tertiary/aromatic N) is 3. The molecule has 0 unspecified atom stereocenters. The Morgan fingerprint density at radius 3 is 2.28 bits per heavy atom. The second-order valence-corrected chi connectivity index (χ2v) is 6.70. The highest BCUT2D eigenvalue weighted by atomic mass is 35.5. The number of ether oxygens (including phenoxy) is 2. The summed E-state index contributed by atoms with van der Waals surface area (Å²) >= 11 is 0. The average molecular weight is 424 g/mol. The zero-order valence-electron chi connectivity index (χ0n) is 16.9. The summed E-state index contributed by atoms with van der Waals surface area (Å²) in [6.07, 6.45) is 0.259. The Kier molecular flexibility index (Phi) is 9.37. The number of halogens is 1. The van der Waals surface area contributed by atoms with E-state index in [2.05, 4.69) is 4.90 Å². The molecule has 2 rings (SSSR count). The highest BCUT2D eigenvalue weighted by molar-refractivity contribution is 5.85. The normalized spacial score (nSPS) is 11.3. The van der Waals surface area contributed by atoms with Crippen LogP contribution in [0.3, 0.4) is 0 Å². The molecule has 2 aromatic carbocycles. The number of benzene rings is 2. The molecule has 0 saturated heterocycles. The standard InChI is InChI=1S/C20H25N3O5.ClH/c1-21(2)19(12-13-27-17-10-8-16(9-11-17)23(25)26)15-6-5-7-18(14-15)28-20(24)22(3)4;/h5-11,14,19H,12-13H2,1-4H3;1H/t19-;/m1./s1. The van der Waals surface area contributed by atoms with Crippen molar-refractivity contribution in [2.45, 2.75) is 12.5 Å². The number of nitro groups is 1. The fourth-order valence-corrected chi connectivity index (χ4v) is 2.65. The van der Waals surface area contributed by atoms with E-state index in [1.807, 2.05) is 32.3 Å². The molecule has 158 valence electrons. The summed E-state index contributed by atoms with van der Waals surface area (Å²) < 4.78 is 11.1. The summed E-state index contributed by atoms with van der Waals surface area (Å²) in [6, 6.07) is 13.5. The number of carbonyl (C=O) groups excluding carboxylic acids is 1. The first kappa shape index (κ1) is 24.2. The lowest BCUT2D eigenvalue weighted by Gasteiger charge is -2.25. The Morgan fingerprint density at radius 1 is 1.07 bits per heavy atom. The van der Waals surface area contributed by atoms with Crippen molar-refractivity contribution in [2.75, 3.05) is 34.8 Å². The van der Waals surface area contributed by atoms with Gasteiger partial charge in [-0.05, 0) is 43.9 Å². The molecule has 0 aromatic heterocycles. The molecule has 0 fully saturated rings. The van der Waals surface area contributed by atoms with Crippen LogP contribution in [0, 0.1) is 10.1 Å². The van der Waals surface area contributed by atoms with E-state index in [4.69, 9.17) is 9.47 Å². The second-order valence-electron chi connectivity index (χ2n) is 6.70. The monoisotopic (exact) mass is 423 g/mol. The van der Waals surface area contributed by atoms with Crippen molar-refractivity contribution in [2.24, 2.45) is 0 Å².